The highest BCUT2D eigenvalue weighted by molar-refractivity contribution is 4.93. The van der Waals surface area contributed by atoms with Crippen molar-refractivity contribution in [1.82, 2.24) is 10.2 Å². The number of nitrogens with one attached hydrogen (secondary N) is 1. The molecule has 0 aromatic carbocycles. The Morgan fingerprint density at radius 1 is 1.22 bits per heavy atom. The fraction of sp³-hybridized carbons (Fsp3) is 1.00. The van der Waals surface area contributed by atoms with Crippen LogP contribution in [0, 0.1) is 0 Å². The predicted octanol–water partition coefficient (Wildman–Crippen LogP) is 2.41. The number of rotatable bonds is 6. The summed E-state index contributed by atoms with van der Waals surface area (Å²) < 4.78 is 6.08. The first kappa shape index (κ1) is 14.3. The van der Waals surface area contributed by atoms with Crippen LogP contribution in [0.1, 0.15) is 52.4 Å². The van der Waals surface area contributed by atoms with E-state index in [1.54, 1.807) is 0 Å². The third-order valence-electron chi connectivity index (χ3n) is 4.76. The average molecular weight is 254 g/mol. The van der Waals surface area contributed by atoms with Gasteiger partial charge in [0, 0.05) is 25.7 Å². The highest BCUT2D eigenvalue weighted by atomic mass is 16.5. The highest BCUT2D eigenvalue weighted by Crippen LogP contribution is 2.39. The van der Waals surface area contributed by atoms with Gasteiger partial charge < -0.3 is 15.0 Å². The third kappa shape index (κ3) is 3.69. The van der Waals surface area contributed by atoms with Gasteiger partial charge in [-0.25, -0.2) is 0 Å². The van der Waals surface area contributed by atoms with Crippen molar-refractivity contribution in [1.29, 1.82) is 0 Å². The minimum Gasteiger partial charge on any atom is -0.375 e. The third-order valence-corrected chi connectivity index (χ3v) is 4.76. The summed E-state index contributed by atoms with van der Waals surface area (Å²) in [4.78, 5) is 2.48. The first-order chi connectivity index (χ1) is 8.78. The first-order valence-electron chi connectivity index (χ1n) is 7.88. The van der Waals surface area contributed by atoms with Gasteiger partial charge in [-0.1, -0.05) is 26.7 Å². The maximum atomic E-state index is 6.08. The highest BCUT2D eigenvalue weighted by Gasteiger charge is 2.39. The van der Waals surface area contributed by atoms with Crippen LogP contribution in [0.4, 0.5) is 0 Å². The van der Waals surface area contributed by atoms with Crippen molar-refractivity contribution in [3.63, 3.8) is 0 Å². The van der Waals surface area contributed by atoms with Crippen LogP contribution < -0.4 is 5.32 Å². The molecule has 1 saturated carbocycles. The van der Waals surface area contributed by atoms with Crippen molar-refractivity contribution in [3.8, 4) is 0 Å². The summed E-state index contributed by atoms with van der Waals surface area (Å²) in [6.07, 6.45) is 7.76. The molecule has 2 fully saturated rings. The van der Waals surface area contributed by atoms with Crippen LogP contribution in [0.3, 0.4) is 0 Å². The Balaban J connectivity index is 1.69. The van der Waals surface area contributed by atoms with E-state index in [0.29, 0.717) is 6.04 Å². The van der Waals surface area contributed by atoms with E-state index in [-0.39, 0.29) is 5.60 Å². The molecule has 1 N–H and O–H groups in total. The number of hydrogen-bond donors (Lipinski definition) is 1. The molecule has 1 atom stereocenters. The minimum absolute atomic E-state index is 0.255. The van der Waals surface area contributed by atoms with Gasteiger partial charge in [0.05, 0.1) is 5.60 Å². The zero-order chi connectivity index (χ0) is 12.8. The number of hydrogen-bond acceptors (Lipinski definition) is 3. The molecular formula is C15H30N2O. The van der Waals surface area contributed by atoms with Gasteiger partial charge in [0.1, 0.15) is 0 Å². The zero-order valence-corrected chi connectivity index (χ0v) is 12.2. The Morgan fingerprint density at radius 2 is 1.94 bits per heavy atom. The molecule has 1 aliphatic carbocycles. The normalized spacial score (nSPS) is 27.2. The molecule has 3 heteroatoms. The van der Waals surface area contributed by atoms with Gasteiger partial charge in [-0.3, -0.25) is 0 Å². The van der Waals surface area contributed by atoms with E-state index in [2.05, 4.69) is 24.1 Å². The Morgan fingerprint density at radius 3 is 2.61 bits per heavy atom. The van der Waals surface area contributed by atoms with Crippen molar-refractivity contribution in [2.45, 2.75) is 64.0 Å². The van der Waals surface area contributed by atoms with Gasteiger partial charge in [0.25, 0.3) is 0 Å². The van der Waals surface area contributed by atoms with Crippen molar-refractivity contribution in [2.75, 3.05) is 32.8 Å². The van der Waals surface area contributed by atoms with Gasteiger partial charge in [-0.05, 0) is 38.8 Å². The molecule has 106 valence electrons. The molecule has 0 bridgehead atoms. The van der Waals surface area contributed by atoms with Crippen molar-refractivity contribution >= 4 is 0 Å². The number of likely N-dealkylation sites (N-methyl/N-ethyl adjacent to an activating group) is 1. The van der Waals surface area contributed by atoms with E-state index in [1.807, 2.05) is 0 Å². The van der Waals surface area contributed by atoms with Crippen LogP contribution in [-0.2, 0) is 4.74 Å². The van der Waals surface area contributed by atoms with Gasteiger partial charge in [-0.15, -0.1) is 0 Å². The van der Waals surface area contributed by atoms with Crippen LogP contribution >= 0.6 is 0 Å². The van der Waals surface area contributed by atoms with E-state index >= 15 is 0 Å². The lowest BCUT2D eigenvalue weighted by atomic mass is 9.89. The largest absolute Gasteiger partial charge is 0.375 e. The van der Waals surface area contributed by atoms with Crippen molar-refractivity contribution in [2.24, 2.45) is 0 Å². The Kier molecular flexibility index (Phi) is 5.46. The molecule has 1 saturated heterocycles. The molecule has 2 rings (SSSR count). The van der Waals surface area contributed by atoms with E-state index in [4.69, 9.17) is 4.74 Å². The summed E-state index contributed by atoms with van der Waals surface area (Å²) in [5.74, 6) is 0. The summed E-state index contributed by atoms with van der Waals surface area (Å²) in [7, 11) is 0. The van der Waals surface area contributed by atoms with E-state index in [0.717, 1.165) is 26.2 Å². The second-order valence-corrected chi connectivity index (χ2v) is 5.91. The van der Waals surface area contributed by atoms with Gasteiger partial charge in [0.15, 0.2) is 0 Å². The topological polar surface area (TPSA) is 24.5 Å². The maximum Gasteiger partial charge on any atom is 0.0697 e. The lowest BCUT2D eigenvalue weighted by Crippen LogP contribution is -2.47. The predicted molar refractivity (Wildman–Crippen MR) is 76.0 cm³/mol. The number of nitrogens with zero attached hydrogens (tertiary/aromatic N) is 1. The molecule has 3 nitrogen and oxygen atoms in total. The monoisotopic (exact) mass is 254 g/mol. The average Bonchev–Trinajstić information content (AvgIpc) is 2.83. The molecule has 1 spiro atoms. The minimum atomic E-state index is 0.255. The maximum absolute atomic E-state index is 6.08. The Labute approximate surface area is 112 Å². The lowest BCUT2D eigenvalue weighted by Gasteiger charge is -2.39. The van der Waals surface area contributed by atoms with Crippen LogP contribution in [-0.4, -0.2) is 49.3 Å². The summed E-state index contributed by atoms with van der Waals surface area (Å²) in [5, 5.41) is 3.75. The van der Waals surface area contributed by atoms with E-state index < -0.39 is 0 Å². The van der Waals surface area contributed by atoms with Crippen LogP contribution in [0.2, 0.25) is 0 Å². The fourth-order valence-electron chi connectivity index (χ4n) is 3.54. The van der Waals surface area contributed by atoms with Crippen LogP contribution in [0.15, 0.2) is 0 Å². The molecule has 0 aromatic rings. The summed E-state index contributed by atoms with van der Waals surface area (Å²) >= 11 is 0. The van der Waals surface area contributed by atoms with Gasteiger partial charge in [0.2, 0.25) is 0 Å². The molecule has 1 aliphatic heterocycles. The Hall–Kier alpha value is -0.120. The molecule has 2 aliphatic rings. The Bertz CT molecular complexity index is 235. The first-order valence-corrected chi connectivity index (χ1v) is 7.88. The van der Waals surface area contributed by atoms with Gasteiger partial charge in [-0.2, -0.15) is 0 Å². The molecule has 1 unspecified atom stereocenters. The standard InChI is InChI=1S/C15H30N2O/c1-3-17(4-2)11-10-16-14-7-12-18-15(13-14)8-5-6-9-15/h14,16H,3-13H2,1-2H3. The molecule has 0 radical (unpaired) electrons. The second kappa shape index (κ2) is 6.88. The fourth-order valence-corrected chi connectivity index (χ4v) is 3.54. The smallest absolute Gasteiger partial charge is 0.0697 e. The molecule has 0 aromatic heterocycles. The van der Waals surface area contributed by atoms with Crippen molar-refractivity contribution < 1.29 is 4.74 Å². The van der Waals surface area contributed by atoms with Crippen molar-refractivity contribution in [3.05, 3.63) is 0 Å². The van der Waals surface area contributed by atoms with Gasteiger partial charge >= 0.3 is 0 Å². The second-order valence-electron chi connectivity index (χ2n) is 5.91. The molecule has 0 amide bonds. The van der Waals surface area contributed by atoms with Crippen LogP contribution in [0.5, 0.6) is 0 Å². The molecule has 1 heterocycles. The summed E-state index contributed by atoms with van der Waals surface area (Å²) in [6.45, 7) is 10.1. The van der Waals surface area contributed by atoms with E-state index in [1.165, 1.54) is 45.1 Å². The van der Waals surface area contributed by atoms with E-state index in [9.17, 15) is 0 Å². The summed E-state index contributed by atoms with van der Waals surface area (Å²) in [5.41, 5.74) is 0.255. The zero-order valence-electron chi connectivity index (χ0n) is 12.2. The lowest BCUT2D eigenvalue weighted by molar-refractivity contribution is -0.0836. The SMILES string of the molecule is CCN(CC)CCNC1CCOC2(CCCC2)C1. The summed E-state index contributed by atoms with van der Waals surface area (Å²) in [6, 6.07) is 0.687. The molecule has 18 heavy (non-hydrogen) atoms. The quantitative estimate of drug-likeness (QED) is 0.788. The van der Waals surface area contributed by atoms with Crippen LogP contribution in [0.25, 0.3) is 0 Å². The molecular weight excluding hydrogens is 224 g/mol. The number of ether oxygens (including phenoxy) is 1.